The van der Waals surface area contributed by atoms with Crippen molar-refractivity contribution in [1.29, 1.82) is 0 Å². The molecule has 0 amide bonds. The maximum atomic E-state index is 16.8. The predicted octanol–water partition coefficient (Wildman–Crippen LogP) is 4.98. The number of aromatic nitrogens is 3. The number of nitrogens with zero attached hydrogens (tertiary/aromatic N) is 4. The Bertz CT molecular complexity index is 1750. The van der Waals surface area contributed by atoms with E-state index in [0.717, 1.165) is 38.8 Å². The summed E-state index contributed by atoms with van der Waals surface area (Å²) in [7, 11) is 0. The van der Waals surface area contributed by atoms with Crippen LogP contribution in [0.25, 0.3) is 32.9 Å². The SMILES string of the molecule is C#Cc1c(F)ccc2cc(O)cc(-c3nc(OC(C)C)c4c(NCCN)nc(OCC56CCCN5CCC6)nc4c3F)c12. The number of phenolic OH excluding ortho intramolecular Hbond substituents is 1. The fourth-order valence-corrected chi connectivity index (χ4v) is 6.40. The summed E-state index contributed by atoms with van der Waals surface area (Å²) in [5, 5.41) is 14.6. The predicted molar refractivity (Wildman–Crippen MR) is 161 cm³/mol. The number of nitrogens with two attached hydrogens (primary N) is 1. The van der Waals surface area contributed by atoms with Crippen LogP contribution in [0.15, 0.2) is 24.3 Å². The van der Waals surface area contributed by atoms with E-state index < -0.39 is 11.6 Å². The Balaban J connectivity index is 1.58. The van der Waals surface area contributed by atoms with E-state index in [4.69, 9.17) is 21.6 Å². The average molecular weight is 589 g/mol. The zero-order valence-corrected chi connectivity index (χ0v) is 24.2. The molecule has 2 aliphatic rings. The van der Waals surface area contributed by atoms with E-state index in [9.17, 15) is 9.50 Å². The van der Waals surface area contributed by atoms with Crippen LogP contribution in [0.4, 0.5) is 14.6 Å². The first-order valence-electron chi connectivity index (χ1n) is 14.6. The van der Waals surface area contributed by atoms with Crippen molar-refractivity contribution in [1.82, 2.24) is 19.9 Å². The van der Waals surface area contributed by atoms with Gasteiger partial charge in [-0.05, 0) is 76.2 Å². The molecule has 4 N–H and O–H groups in total. The van der Waals surface area contributed by atoms with E-state index in [-0.39, 0.29) is 68.2 Å². The van der Waals surface area contributed by atoms with Gasteiger partial charge in [-0.3, -0.25) is 4.90 Å². The summed E-state index contributed by atoms with van der Waals surface area (Å²) in [6.45, 7) is 6.70. The van der Waals surface area contributed by atoms with Gasteiger partial charge in [0.05, 0.1) is 17.2 Å². The third-order valence-electron chi connectivity index (χ3n) is 8.25. The van der Waals surface area contributed by atoms with Crippen molar-refractivity contribution >= 4 is 27.5 Å². The Morgan fingerprint density at radius 3 is 2.60 bits per heavy atom. The van der Waals surface area contributed by atoms with Crippen LogP contribution in [0.3, 0.4) is 0 Å². The summed E-state index contributed by atoms with van der Waals surface area (Å²) in [5.74, 6) is 1.04. The number of terminal acetylenes is 1. The molecule has 6 rings (SSSR count). The minimum atomic E-state index is -0.824. The largest absolute Gasteiger partial charge is 0.508 e. The number of pyridine rings is 1. The minimum absolute atomic E-state index is 0.00261. The van der Waals surface area contributed by atoms with Gasteiger partial charge in [0.2, 0.25) is 5.88 Å². The van der Waals surface area contributed by atoms with Crippen molar-refractivity contribution in [3.05, 3.63) is 41.5 Å². The number of hydrogen-bond donors (Lipinski definition) is 3. The Morgan fingerprint density at radius 2 is 1.91 bits per heavy atom. The topological polar surface area (TPSA) is 119 Å². The lowest BCUT2D eigenvalue weighted by Crippen LogP contribution is -2.43. The summed E-state index contributed by atoms with van der Waals surface area (Å²) in [5.41, 5.74) is 5.41. The minimum Gasteiger partial charge on any atom is -0.508 e. The lowest BCUT2D eigenvalue weighted by Gasteiger charge is -2.31. The highest BCUT2D eigenvalue weighted by molar-refractivity contribution is 6.04. The first-order valence-corrected chi connectivity index (χ1v) is 14.6. The second kappa shape index (κ2) is 11.4. The number of aromatic hydroxyl groups is 1. The second-order valence-electron chi connectivity index (χ2n) is 11.4. The fourth-order valence-electron chi connectivity index (χ4n) is 6.40. The van der Waals surface area contributed by atoms with Gasteiger partial charge in [-0.15, -0.1) is 6.42 Å². The van der Waals surface area contributed by atoms with Crippen molar-refractivity contribution in [3.8, 4) is 41.2 Å². The summed E-state index contributed by atoms with van der Waals surface area (Å²) < 4.78 is 43.9. The molecule has 2 aliphatic heterocycles. The summed E-state index contributed by atoms with van der Waals surface area (Å²) in [6.07, 6.45) is 9.58. The Labute approximate surface area is 248 Å². The van der Waals surface area contributed by atoms with E-state index in [1.165, 1.54) is 24.3 Å². The molecule has 0 aliphatic carbocycles. The van der Waals surface area contributed by atoms with E-state index >= 15 is 4.39 Å². The van der Waals surface area contributed by atoms with Crippen LogP contribution in [-0.2, 0) is 0 Å². The number of rotatable bonds is 9. The summed E-state index contributed by atoms with van der Waals surface area (Å²) in [6, 6.07) is 5.42. The number of phenols is 1. The van der Waals surface area contributed by atoms with E-state index in [1.807, 2.05) is 13.8 Å². The molecule has 224 valence electrons. The lowest BCUT2D eigenvalue weighted by molar-refractivity contribution is 0.108. The van der Waals surface area contributed by atoms with Crippen LogP contribution >= 0.6 is 0 Å². The van der Waals surface area contributed by atoms with Crippen molar-refractivity contribution in [2.45, 2.75) is 51.2 Å². The lowest BCUT2D eigenvalue weighted by atomic mass is 9.95. The van der Waals surface area contributed by atoms with E-state index in [2.05, 4.69) is 31.1 Å². The normalized spacial score (nSPS) is 16.1. The molecule has 2 fully saturated rings. The molecule has 9 nitrogen and oxygen atoms in total. The molecule has 11 heteroatoms. The zero-order chi connectivity index (χ0) is 30.3. The van der Waals surface area contributed by atoms with E-state index in [1.54, 1.807) is 0 Å². The molecule has 0 atom stereocenters. The van der Waals surface area contributed by atoms with Crippen LogP contribution in [-0.4, -0.2) is 69.4 Å². The van der Waals surface area contributed by atoms with Crippen molar-refractivity contribution in [2.24, 2.45) is 5.73 Å². The molecular weight excluding hydrogens is 554 g/mol. The molecule has 0 radical (unpaired) electrons. The summed E-state index contributed by atoms with van der Waals surface area (Å²) in [4.78, 5) is 16.2. The molecule has 0 bridgehead atoms. The molecule has 4 heterocycles. The smallest absolute Gasteiger partial charge is 0.319 e. The second-order valence-corrected chi connectivity index (χ2v) is 11.4. The highest BCUT2D eigenvalue weighted by atomic mass is 19.1. The molecule has 0 saturated carbocycles. The van der Waals surface area contributed by atoms with Crippen molar-refractivity contribution < 1.29 is 23.4 Å². The maximum Gasteiger partial charge on any atom is 0.319 e. The van der Waals surface area contributed by atoms with Gasteiger partial charge in [0, 0.05) is 24.0 Å². The van der Waals surface area contributed by atoms with Crippen LogP contribution in [0.2, 0.25) is 0 Å². The number of anilines is 1. The van der Waals surface area contributed by atoms with Gasteiger partial charge >= 0.3 is 6.01 Å². The number of nitrogens with one attached hydrogen (secondary N) is 1. The Hall–Kier alpha value is -4.27. The monoisotopic (exact) mass is 588 g/mol. The molecule has 2 saturated heterocycles. The molecule has 43 heavy (non-hydrogen) atoms. The van der Waals surface area contributed by atoms with Gasteiger partial charge in [0.15, 0.2) is 5.82 Å². The number of halogens is 2. The van der Waals surface area contributed by atoms with Gasteiger partial charge < -0.3 is 25.6 Å². The first-order chi connectivity index (χ1) is 20.7. The average Bonchev–Trinajstić information content (AvgIpc) is 3.56. The van der Waals surface area contributed by atoms with Gasteiger partial charge in [0.1, 0.15) is 40.6 Å². The van der Waals surface area contributed by atoms with Crippen molar-refractivity contribution in [2.75, 3.05) is 38.1 Å². The zero-order valence-electron chi connectivity index (χ0n) is 24.2. The third kappa shape index (κ3) is 5.15. The first kappa shape index (κ1) is 28.8. The quantitative estimate of drug-likeness (QED) is 0.233. The number of benzene rings is 2. The van der Waals surface area contributed by atoms with Gasteiger partial charge in [-0.2, -0.15) is 9.97 Å². The Kier molecular flexibility index (Phi) is 7.66. The van der Waals surface area contributed by atoms with Gasteiger partial charge in [-0.25, -0.2) is 13.8 Å². The standard InChI is InChI=1S/C32H34F2N6O3/c1-4-21-23(33)8-7-19-15-20(41)16-22(24(19)21)27-26(34)28-25(30(37-27)43-18(2)3)29(36-12-11-35)39-31(38-28)42-17-32-9-5-13-40(32)14-6-10-32/h1,7-8,15-16,18,41H,5-6,9-14,17,35H2,2-3H3,(H,36,38,39). The van der Waals surface area contributed by atoms with Crippen LogP contribution in [0, 0.1) is 24.0 Å². The van der Waals surface area contributed by atoms with E-state index in [0.29, 0.717) is 25.1 Å². The molecule has 0 unspecified atom stereocenters. The maximum absolute atomic E-state index is 16.8. The number of hydrogen-bond acceptors (Lipinski definition) is 9. The molecule has 4 aromatic rings. The fraction of sp³-hybridized carbons (Fsp3) is 0.406. The number of ether oxygens (including phenoxy) is 2. The Morgan fingerprint density at radius 1 is 1.14 bits per heavy atom. The summed E-state index contributed by atoms with van der Waals surface area (Å²) >= 11 is 0. The van der Waals surface area contributed by atoms with Crippen LogP contribution in [0.1, 0.15) is 45.1 Å². The highest BCUT2D eigenvalue weighted by Gasteiger charge is 2.45. The number of fused-ring (bicyclic) bond motifs is 3. The highest BCUT2D eigenvalue weighted by Crippen LogP contribution is 2.42. The third-order valence-corrected chi connectivity index (χ3v) is 8.25. The molecular formula is C32H34F2N6O3. The van der Waals surface area contributed by atoms with Crippen LogP contribution in [0.5, 0.6) is 17.6 Å². The molecule has 2 aromatic heterocycles. The molecule has 0 spiro atoms. The van der Waals surface area contributed by atoms with Gasteiger partial charge in [-0.1, -0.05) is 12.0 Å². The van der Waals surface area contributed by atoms with Crippen LogP contribution < -0.4 is 20.5 Å². The van der Waals surface area contributed by atoms with Gasteiger partial charge in [0.25, 0.3) is 0 Å². The molecule has 2 aromatic carbocycles. The van der Waals surface area contributed by atoms with Crippen molar-refractivity contribution in [3.63, 3.8) is 0 Å².